The van der Waals surface area contributed by atoms with Crippen LogP contribution in [0, 0.1) is 5.41 Å². The Kier molecular flexibility index (Phi) is 13.8. The molecule has 0 saturated carbocycles. The van der Waals surface area contributed by atoms with Crippen LogP contribution in [0.1, 0.15) is 160 Å². The van der Waals surface area contributed by atoms with Crippen molar-refractivity contribution in [2.45, 2.75) is 166 Å². The monoisotopic (exact) mass is 897 g/mol. The van der Waals surface area contributed by atoms with Crippen LogP contribution in [-0.2, 0) is 12.0 Å². The van der Waals surface area contributed by atoms with Gasteiger partial charge in [-0.3, -0.25) is 0 Å². The Hall–Kier alpha value is -2.11. The molecular weight excluding hydrogens is 835 g/mol. The zero-order chi connectivity index (χ0) is 41.3. The molecule has 2 aromatic carbocycles. The molecule has 0 amide bonds. The maximum Gasteiger partial charge on any atom is 0.114 e. The average molecular weight is 898 g/mol. The van der Waals surface area contributed by atoms with Crippen molar-refractivity contribution in [2.24, 2.45) is 11.1 Å². The van der Waals surface area contributed by atoms with Crippen LogP contribution < -0.4 is 5.73 Å². The first-order valence-corrected chi connectivity index (χ1v) is 27.3. The smallest absolute Gasteiger partial charge is 0.114 e. The summed E-state index contributed by atoms with van der Waals surface area (Å²) in [6.45, 7) is 16.1. The number of rotatable bonds is 19. The number of nitrogens with two attached hydrogens (primary N) is 1. The van der Waals surface area contributed by atoms with Gasteiger partial charge >= 0.3 is 0 Å². The van der Waals surface area contributed by atoms with E-state index in [9.17, 15) is 0 Å². The van der Waals surface area contributed by atoms with Crippen molar-refractivity contribution < 1.29 is 0 Å². The fourth-order valence-corrected chi connectivity index (χ4v) is 15.8. The van der Waals surface area contributed by atoms with Crippen LogP contribution in [-0.4, -0.2) is 14.0 Å². The third-order valence-electron chi connectivity index (χ3n) is 12.4. The molecule has 0 fully saturated rings. The Balaban J connectivity index is 1.13. The predicted octanol–water partition coefficient (Wildman–Crippen LogP) is 18.1. The highest BCUT2D eigenvalue weighted by Gasteiger charge is 2.36. The average Bonchev–Trinajstić information content (AvgIpc) is 4.04. The standard InChI is InChI=1S/C50H63N3S6/c1-8-10-12-14-16-18-20-31(21-19-17-15-13-11-9-2)40-28-34-35-29-41(57-47(35)48-36(46(34)56-40)30-43(58-48)49(3,4)5)39-25-24-37(54-39)32-22-23-33(45-44(32)52-59-53-45)38-26-27-42(55-38)50(6,7)51/h22-29,31,43H,8-21,30,51H2,1-7H3. The number of unbranched alkanes of at least 4 members (excludes halogenated alkanes) is 10. The van der Waals surface area contributed by atoms with Crippen molar-refractivity contribution >= 4 is 100 Å². The molecule has 314 valence electrons. The number of nitrogens with zero attached hydrogens (tertiary/aromatic N) is 2. The highest BCUT2D eigenvalue weighted by atomic mass is 32.2. The molecule has 0 radical (unpaired) electrons. The fourth-order valence-electron chi connectivity index (χ4n) is 8.80. The Morgan fingerprint density at radius 3 is 1.81 bits per heavy atom. The second kappa shape index (κ2) is 18.7. The van der Waals surface area contributed by atoms with Gasteiger partial charge in [-0.1, -0.05) is 124 Å². The van der Waals surface area contributed by atoms with Crippen LogP contribution >= 0.6 is 68.8 Å². The van der Waals surface area contributed by atoms with E-state index in [0.29, 0.717) is 11.2 Å². The van der Waals surface area contributed by atoms with Gasteiger partial charge in [0.15, 0.2) is 0 Å². The number of benzene rings is 2. The van der Waals surface area contributed by atoms with E-state index >= 15 is 0 Å². The zero-order valence-electron chi connectivity index (χ0n) is 36.3. The van der Waals surface area contributed by atoms with Gasteiger partial charge in [-0.2, -0.15) is 8.75 Å². The van der Waals surface area contributed by atoms with Crippen LogP contribution in [0.4, 0.5) is 0 Å². The van der Waals surface area contributed by atoms with E-state index in [1.54, 1.807) is 31.4 Å². The minimum atomic E-state index is -0.365. The van der Waals surface area contributed by atoms with Crippen LogP contribution in [0.25, 0.3) is 61.8 Å². The number of fused-ring (bicyclic) bond motifs is 7. The second-order valence-electron chi connectivity index (χ2n) is 18.7. The molecule has 1 unspecified atom stereocenters. The molecule has 1 atom stereocenters. The molecule has 0 aliphatic carbocycles. The molecular formula is C50H63N3S6. The van der Waals surface area contributed by atoms with Crippen molar-refractivity contribution in [3.05, 3.63) is 63.8 Å². The normalized spacial score (nSPS) is 14.9. The molecule has 3 nitrogen and oxygen atoms in total. The lowest BCUT2D eigenvalue weighted by Crippen LogP contribution is -2.27. The number of thiophene rings is 4. The van der Waals surface area contributed by atoms with Crippen molar-refractivity contribution in [1.82, 2.24) is 8.75 Å². The topological polar surface area (TPSA) is 51.8 Å². The zero-order valence-corrected chi connectivity index (χ0v) is 41.2. The minimum absolute atomic E-state index is 0.251. The van der Waals surface area contributed by atoms with Gasteiger partial charge in [0, 0.05) is 76.2 Å². The highest BCUT2D eigenvalue weighted by Crippen LogP contribution is 2.56. The van der Waals surface area contributed by atoms with E-state index in [-0.39, 0.29) is 11.0 Å². The van der Waals surface area contributed by atoms with Gasteiger partial charge in [-0.25, -0.2) is 0 Å². The largest absolute Gasteiger partial charge is 0.321 e. The molecule has 2 N–H and O–H groups in total. The van der Waals surface area contributed by atoms with Crippen LogP contribution in [0.2, 0.25) is 0 Å². The molecule has 8 rings (SSSR count). The van der Waals surface area contributed by atoms with Gasteiger partial charge in [0.1, 0.15) is 11.0 Å². The molecule has 0 saturated heterocycles. The lowest BCUT2D eigenvalue weighted by molar-refractivity contribution is 0.396. The summed E-state index contributed by atoms with van der Waals surface area (Å²) in [5.74, 6) is 0.679. The van der Waals surface area contributed by atoms with E-state index in [4.69, 9.17) is 14.5 Å². The maximum absolute atomic E-state index is 6.45. The van der Waals surface area contributed by atoms with E-state index in [0.717, 1.165) is 16.6 Å². The van der Waals surface area contributed by atoms with Crippen LogP contribution in [0.15, 0.2) is 53.4 Å². The summed E-state index contributed by atoms with van der Waals surface area (Å²) in [7, 11) is 0. The molecule has 0 bridgehead atoms. The van der Waals surface area contributed by atoms with Gasteiger partial charge in [0.05, 0.1) is 11.7 Å². The summed E-state index contributed by atoms with van der Waals surface area (Å²) >= 11 is 11.3. The van der Waals surface area contributed by atoms with Gasteiger partial charge in [0.2, 0.25) is 0 Å². The SMILES string of the molecule is CCCCCCCCC(CCCCCCCC)c1cc2c(s1)c1c(c3sc(-c4ccc(-c5ccc(-c6ccc(C(C)(C)N)s6)c6nsnc56)s4)cc32)SC(C(C)(C)C)C1. The quantitative estimate of drug-likeness (QED) is 0.0822. The first-order chi connectivity index (χ1) is 28.4. The molecule has 1 aliphatic rings. The van der Waals surface area contributed by atoms with Crippen molar-refractivity contribution in [2.75, 3.05) is 0 Å². The van der Waals surface area contributed by atoms with E-state index in [1.165, 1.54) is 153 Å². The van der Waals surface area contributed by atoms with Gasteiger partial charge in [-0.15, -0.1) is 57.1 Å². The first-order valence-electron chi connectivity index (χ1n) is 22.4. The lowest BCUT2D eigenvalue weighted by Gasteiger charge is -2.25. The summed E-state index contributed by atoms with van der Waals surface area (Å²) in [5.41, 5.74) is 12.3. The Morgan fingerprint density at radius 2 is 1.20 bits per heavy atom. The summed E-state index contributed by atoms with van der Waals surface area (Å²) < 4.78 is 12.8. The third kappa shape index (κ3) is 9.47. The summed E-state index contributed by atoms with van der Waals surface area (Å²) in [5, 5.41) is 3.59. The first kappa shape index (κ1) is 43.5. The van der Waals surface area contributed by atoms with Gasteiger partial charge < -0.3 is 5.73 Å². The number of thioether (sulfide) groups is 1. The van der Waals surface area contributed by atoms with Gasteiger partial charge in [-0.05, 0) is 86.4 Å². The third-order valence-corrected chi connectivity index (χ3v) is 20.2. The molecule has 0 spiro atoms. The summed E-state index contributed by atoms with van der Waals surface area (Å²) in [4.78, 5) is 9.56. The molecule has 7 aromatic rings. The minimum Gasteiger partial charge on any atom is -0.321 e. The molecule has 6 heterocycles. The summed E-state index contributed by atoms with van der Waals surface area (Å²) in [6, 6.07) is 18.7. The van der Waals surface area contributed by atoms with E-state index in [2.05, 4.69) is 120 Å². The van der Waals surface area contributed by atoms with Crippen molar-refractivity contribution in [3.63, 3.8) is 0 Å². The number of aromatic nitrogens is 2. The van der Waals surface area contributed by atoms with Crippen molar-refractivity contribution in [1.29, 1.82) is 0 Å². The van der Waals surface area contributed by atoms with E-state index in [1.807, 2.05) is 22.7 Å². The second-order valence-corrected chi connectivity index (χ2v) is 24.8. The Labute approximate surface area is 378 Å². The lowest BCUT2D eigenvalue weighted by atomic mass is 9.88. The Morgan fingerprint density at radius 1 is 0.627 bits per heavy atom. The number of hydrogen-bond donors (Lipinski definition) is 1. The molecule has 9 heteroatoms. The predicted molar refractivity (Wildman–Crippen MR) is 269 cm³/mol. The maximum atomic E-state index is 6.45. The molecule has 1 aliphatic heterocycles. The molecule has 5 aromatic heterocycles. The highest BCUT2D eigenvalue weighted by molar-refractivity contribution is 8.00. The number of hydrogen-bond acceptors (Lipinski definition) is 9. The van der Waals surface area contributed by atoms with Crippen molar-refractivity contribution in [3.8, 4) is 30.6 Å². The fraction of sp³-hybridized carbons (Fsp3) is 0.520. The Bertz CT molecular complexity index is 2480. The van der Waals surface area contributed by atoms with Crippen LogP contribution in [0.3, 0.4) is 0 Å². The van der Waals surface area contributed by atoms with E-state index < -0.39 is 0 Å². The molecule has 59 heavy (non-hydrogen) atoms. The summed E-state index contributed by atoms with van der Waals surface area (Å²) in [6.07, 6.45) is 20.4. The van der Waals surface area contributed by atoms with Gasteiger partial charge in [0.25, 0.3) is 0 Å². The van der Waals surface area contributed by atoms with Crippen LogP contribution in [0.5, 0.6) is 0 Å².